The Morgan fingerprint density at radius 1 is 1.00 bits per heavy atom. The van der Waals surface area contributed by atoms with Crippen LogP contribution in [0, 0.1) is 27.7 Å². The normalized spacial score (nSPS) is 11.9. The molecule has 146 valence electrons. The van der Waals surface area contributed by atoms with Crippen LogP contribution in [-0.2, 0) is 11.3 Å². The van der Waals surface area contributed by atoms with Gasteiger partial charge in [0.2, 0.25) is 5.91 Å². The Kier molecular flexibility index (Phi) is 5.83. The van der Waals surface area contributed by atoms with E-state index in [1.165, 1.54) is 5.56 Å². The SMILES string of the molecule is Cc1cc(C)n(Cc2cccc(NC(C)C(=O)Nc3ccc(C)c(C)c3)c2)n1. The lowest BCUT2D eigenvalue weighted by molar-refractivity contribution is -0.116. The molecule has 1 heterocycles. The quantitative estimate of drug-likeness (QED) is 0.661. The van der Waals surface area contributed by atoms with E-state index in [1.807, 2.05) is 55.8 Å². The Hall–Kier alpha value is -3.08. The average Bonchev–Trinajstić information content (AvgIpc) is 2.95. The zero-order chi connectivity index (χ0) is 20.3. The molecule has 2 aromatic carbocycles. The van der Waals surface area contributed by atoms with Crippen molar-refractivity contribution in [3.05, 3.63) is 76.6 Å². The fourth-order valence-corrected chi connectivity index (χ4v) is 3.15. The second-order valence-electron chi connectivity index (χ2n) is 7.44. The second-order valence-corrected chi connectivity index (χ2v) is 7.44. The zero-order valence-electron chi connectivity index (χ0n) is 17.2. The molecular formula is C23H28N4O. The molecule has 0 aliphatic carbocycles. The fraction of sp³-hybridized carbons (Fsp3) is 0.304. The Morgan fingerprint density at radius 3 is 2.46 bits per heavy atom. The first-order valence-electron chi connectivity index (χ1n) is 9.56. The molecule has 5 heteroatoms. The maximum Gasteiger partial charge on any atom is 0.246 e. The van der Waals surface area contributed by atoms with Crippen molar-refractivity contribution >= 4 is 17.3 Å². The lowest BCUT2D eigenvalue weighted by Crippen LogP contribution is -2.31. The minimum Gasteiger partial charge on any atom is -0.374 e. The van der Waals surface area contributed by atoms with Crippen LogP contribution in [0.15, 0.2) is 48.5 Å². The molecule has 0 aliphatic heterocycles. The van der Waals surface area contributed by atoms with Crippen LogP contribution in [0.4, 0.5) is 11.4 Å². The first kappa shape index (κ1) is 19.7. The predicted octanol–water partition coefficient (Wildman–Crippen LogP) is 4.60. The van der Waals surface area contributed by atoms with E-state index in [1.54, 1.807) is 0 Å². The van der Waals surface area contributed by atoms with Gasteiger partial charge in [0.15, 0.2) is 0 Å². The van der Waals surface area contributed by atoms with Gasteiger partial charge in [0.25, 0.3) is 0 Å². The standard InChI is InChI=1S/C23H28N4O/c1-15-9-10-22(11-16(15)2)25-23(28)19(5)24-21-8-6-7-20(13-21)14-27-18(4)12-17(3)26-27/h6-13,19,24H,14H2,1-5H3,(H,25,28). The largest absolute Gasteiger partial charge is 0.374 e. The Labute approximate surface area is 166 Å². The fourth-order valence-electron chi connectivity index (χ4n) is 3.15. The molecule has 1 atom stereocenters. The van der Waals surface area contributed by atoms with Crippen molar-refractivity contribution in [2.45, 2.75) is 47.2 Å². The highest BCUT2D eigenvalue weighted by atomic mass is 16.2. The van der Waals surface area contributed by atoms with Gasteiger partial charge in [0.1, 0.15) is 6.04 Å². The summed E-state index contributed by atoms with van der Waals surface area (Å²) in [7, 11) is 0. The number of aryl methyl sites for hydroxylation is 4. The van der Waals surface area contributed by atoms with E-state index in [4.69, 9.17) is 0 Å². The first-order chi connectivity index (χ1) is 13.3. The number of nitrogens with zero attached hydrogens (tertiary/aromatic N) is 2. The van der Waals surface area contributed by atoms with Crippen LogP contribution < -0.4 is 10.6 Å². The highest BCUT2D eigenvalue weighted by Crippen LogP contribution is 2.17. The third-order valence-corrected chi connectivity index (χ3v) is 4.91. The summed E-state index contributed by atoms with van der Waals surface area (Å²) in [6.45, 7) is 10.7. The third-order valence-electron chi connectivity index (χ3n) is 4.91. The van der Waals surface area contributed by atoms with Gasteiger partial charge in [-0.25, -0.2) is 0 Å². The minimum absolute atomic E-state index is 0.0628. The molecule has 0 radical (unpaired) electrons. The van der Waals surface area contributed by atoms with E-state index in [2.05, 4.69) is 47.8 Å². The lowest BCUT2D eigenvalue weighted by Gasteiger charge is -2.16. The van der Waals surface area contributed by atoms with Gasteiger partial charge in [0, 0.05) is 17.1 Å². The predicted molar refractivity (Wildman–Crippen MR) is 115 cm³/mol. The van der Waals surface area contributed by atoms with Crippen molar-refractivity contribution in [1.82, 2.24) is 9.78 Å². The molecule has 0 bridgehead atoms. The molecular weight excluding hydrogens is 348 g/mol. The zero-order valence-corrected chi connectivity index (χ0v) is 17.2. The van der Waals surface area contributed by atoms with Crippen LogP contribution >= 0.6 is 0 Å². The lowest BCUT2D eigenvalue weighted by atomic mass is 10.1. The average molecular weight is 377 g/mol. The molecule has 3 aromatic rings. The van der Waals surface area contributed by atoms with Gasteiger partial charge in [-0.3, -0.25) is 9.48 Å². The van der Waals surface area contributed by atoms with E-state index in [0.717, 1.165) is 33.9 Å². The molecule has 1 aromatic heterocycles. The van der Waals surface area contributed by atoms with E-state index in [-0.39, 0.29) is 11.9 Å². The molecule has 1 unspecified atom stereocenters. The Bertz CT molecular complexity index is 990. The molecule has 0 saturated heterocycles. The van der Waals surface area contributed by atoms with E-state index >= 15 is 0 Å². The summed E-state index contributed by atoms with van der Waals surface area (Å²) in [6.07, 6.45) is 0. The van der Waals surface area contributed by atoms with Crippen molar-refractivity contribution in [1.29, 1.82) is 0 Å². The number of aromatic nitrogens is 2. The van der Waals surface area contributed by atoms with Crippen molar-refractivity contribution in [2.24, 2.45) is 0 Å². The summed E-state index contributed by atoms with van der Waals surface area (Å²) in [5.41, 5.74) is 7.40. The van der Waals surface area contributed by atoms with Gasteiger partial charge in [-0.05, 0) is 81.6 Å². The van der Waals surface area contributed by atoms with Gasteiger partial charge >= 0.3 is 0 Å². The van der Waals surface area contributed by atoms with E-state index in [0.29, 0.717) is 6.54 Å². The molecule has 0 saturated carbocycles. The van der Waals surface area contributed by atoms with Crippen LogP contribution in [0.2, 0.25) is 0 Å². The van der Waals surface area contributed by atoms with E-state index in [9.17, 15) is 4.79 Å². The number of carbonyl (C=O) groups is 1. The topological polar surface area (TPSA) is 59.0 Å². The first-order valence-corrected chi connectivity index (χ1v) is 9.56. The summed E-state index contributed by atoms with van der Waals surface area (Å²) in [5, 5.41) is 10.8. The molecule has 5 nitrogen and oxygen atoms in total. The van der Waals surface area contributed by atoms with Crippen molar-refractivity contribution < 1.29 is 4.79 Å². The molecule has 3 rings (SSSR count). The molecule has 0 aliphatic rings. The summed E-state index contributed by atoms with van der Waals surface area (Å²) in [4.78, 5) is 12.5. The number of rotatable bonds is 6. The number of anilines is 2. The number of carbonyl (C=O) groups excluding carboxylic acids is 1. The molecule has 2 N–H and O–H groups in total. The maximum atomic E-state index is 12.5. The maximum absolute atomic E-state index is 12.5. The monoisotopic (exact) mass is 376 g/mol. The minimum atomic E-state index is -0.356. The smallest absolute Gasteiger partial charge is 0.246 e. The summed E-state index contributed by atoms with van der Waals surface area (Å²) in [6, 6.07) is 15.8. The van der Waals surface area contributed by atoms with Gasteiger partial charge < -0.3 is 10.6 Å². The molecule has 1 amide bonds. The second kappa shape index (κ2) is 8.30. The van der Waals surface area contributed by atoms with Gasteiger partial charge in [0.05, 0.1) is 12.2 Å². The highest BCUT2D eigenvalue weighted by molar-refractivity contribution is 5.96. The van der Waals surface area contributed by atoms with Crippen LogP contribution in [0.1, 0.15) is 35.0 Å². The molecule has 28 heavy (non-hydrogen) atoms. The number of amides is 1. The van der Waals surface area contributed by atoms with Crippen molar-refractivity contribution in [2.75, 3.05) is 10.6 Å². The Morgan fingerprint density at radius 2 is 1.79 bits per heavy atom. The number of hydrogen-bond donors (Lipinski definition) is 2. The van der Waals surface area contributed by atoms with Gasteiger partial charge in [-0.15, -0.1) is 0 Å². The number of nitrogens with one attached hydrogen (secondary N) is 2. The number of benzene rings is 2. The number of hydrogen-bond acceptors (Lipinski definition) is 3. The van der Waals surface area contributed by atoms with Crippen molar-refractivity contribution in [3.63, 3.8) is 0 Å². The summed E-state index contributed by atoms with van der Waals surface area (Å²) < 4.78 is 1.99. The molecule has 0 fully saturated rings. The van der Waals surface area contributed by atoms with Crippen LogP contribution in [0.25, 0.3) is 0 Å². The van der Waals surface area contributed by atoms with E-state index < -0.39 is 0 Å². The van der Waals surface area contributed by atoms with Crippen LogP contribution in [-0.4, -0.2) is 21.7 Å². The van der Waals surface area contributed by atoms with Crippen LogP contribution in [0.5, 0.6) is 0 Å². The summed E-state index contributed by atoms with van der Waals surface area (Å²) in [5.74, 6) is -0.0628. The highest BCUT2D eigenvalue weighted by Gasteiger charge is 2.13. The summed E-state index contributed by atoms with van der Waals surface area (Å²) >= 11 is 0. The van der Waals surface area contributed by atoms with Gasteiger partial charge in [-0.1, -0.05) is 18.2 Å². The Balaban J connectivity index is 1.64. The third kappa shape index (κ3) is 4.80. The van der Waals surface area contributed by atoms with Crippen LogP contribution in [0.3, 0.4) is 0 Å². The van der Waals surface area contributed by atoms with Crippen molar-refractivity contribution in [3.8, 4) is 0 Å². The molecule has 0 spiro atoms. The van der Waals surface area contributed by atoms with Gasteiger partial charge in [-0.2, -0.15) is 5.10 Å².